The van der Waals surface area contributed by atoms with Crippen LogP contribution in [0.5, 0.6) is 0 Å². The highest BCUT2D eigenvalue weighted by Gasteiger charge is 2.26. The molecule has 0 fully saturated rings. The number of hydrogen-bond acceptors (Lipinski definition) is 2. The Morgan fingerprint density at radius 1 is 1.17 bits per heavy atom. The van der Waals surface area contributed by atoms with Gasteiger partial charge in [0, 0.05) is 27.3 Å². The van der Waals surface area contributed by atoms with Crippen molar-refractivity contribution < 1.29 is 9.59 Å². The number of halogens is 1. The largest absolute Gasteiger partial charge is 0.326 e. The minimum Gasteiger partial charge on any atom is -0.326 e. The summed E-state index contributed by atoms with van der Waals surface area (Å²) in [6.45, 7) is 0. The maximum Gasteiger partial charge on any atom is 0.227 e. The third-order valence-corrected chi connectivity index (χ3v) is 4.68. The highest BCUT2D eigenvalue weighted by molar-refractivity contribution is 14.1. The highest BCUT2D eigenvalue weighted by atomic mass is 127. The number of carbonyl (C=O) groups is 2. The van der Waals surface area contributed by atoms with Crippen LogP contribution in [0.2, 0.25) is 0 Å². The van der Waals surface area contributed by atoms with Gasteiger partial charge in [-0.2, -0.15) is 0 Å². The highest BCUT2D eigenvalue weighted by Crippen LogP contribution is 2.27. The molecule has 0 aromatic heterocycles. The Morgan fingerprint density at radius 2 is 1.91 bits per heavy atom. The molecular weight excluding hydrogens is 403 g/mol. The van der Waals surface area contributed by atoms with Gasteiger partial charge in [0.2, 0.25) is 11.8 Å². The molecule has 1 aliphatic heterocycles. The van der Waals surface area contributed by atoms with Crippen molar-refractivity contribution in [1.82, 2.24) is 0 Å². The molecule has 2 amide bonds. The first-order valence-electron chi connectivity index (χ1n) is 7.56. The molecule has 3 rings (SSSR count). The van der Waals surface area contributed by atoms with E-state index < -0.39 is 0 Å². The molecule has 4 nitrogen and oxygen atoms in total. The molecule has 0 saturated heterocycles. The molecule has 0 bridgehead atoms. The van der Waals surface area contributed by atoms with E-state index in [0.717, 1.165) is 20.5 Å². The zero-order chi connectivity index (χ0) is 16.2. The van der Waals surface area contributed by atoms with Crippen LogP contribution in [0.4, 0.5) is 11.4 Å². The summed E-state index contributed by atoms with van der Waals surface area (Å²) >= 11 is 2.22. The lowest BCUT2D eigenvalue weighted by atomic mass is 9.89. The molecule has 0 aliphatic carbocycles. The summed E-state index contributed by atoms with van der Waals surface area (Å²) in [4.78, 5) is 24.2. The van der Waals surface area contributed by atoms with Crippen LogP contribution >= 0.6 is 22.6 Å². The number of carbonyl (C=O) groups excluding carboxylic acids is 2. The van der Waals surface area contributed by atoms with Gasteiger partial charge in [0.1, 0.15) is 0 Å². The second-order valence-corrected chi connectivity index (χ2v) is 6.89. The molecule has 0 saturated carbocycles. The number of fused-ring (bicyclic) bond motifs is 1. The number of para-hydroxylation sites is 1. The number of rotatable bonds is 4. The summed E-state index contributed by atoms with van der Waals surface area (Å²) in [5.41, 5.74) is 2.81. The maximum absolute atomic E-state index is 12.1. The van der Waals surface area contributed by atoms with Crippen molar-refractivity contribution in [3.05, 3.63) is 57.7 Å². The summed E-state index contributed by atoms with van der Waals surface area (Å²) < 4.78 is 1.12. The van der Waals surface area contributed by atoms with Crippen molar-refractivity contribution in [2.75, 3.05) is 10.6 Å². The molecule has 2 N–H and O–H groups in total. The van der Waals surface area contributed by atoms with Gasteiger partial charge in [-0.15, -0.1) is 0 Å². The zero-order valence-electron chi connectivity index (χ0n) is 12.5. The van der Waals surface area contributed by atoms with E-state index in [9.17, 15) is 9.59 Å². The van der Waals surface area contributed by atoms with Crippen molar-refractivity contribution in [2.45, 2.75) is 19.3 Å². The van der Waals surface area contributed by atoms with E-state index in [1.165, 1.54) is 0 Å². The number of benzene rings is 2. The third-order valence-electron chi connectivity index (χ3n) is 3.96. The number of amides is 2. The van der Waals surface area contributed by atoms with Gasteiger partial charge in [-0.1, -0.05) is 18.2 Å². The predicted molar refractivity (Wildman–Crippen MR) is 99.3 cm³/mol. The van der Waals surface area contributed by atoms with Crippen molar-refractivity contribution >= 4 is 45.8 Å². The fraction of sp³-hybridized carbons (Fsp3) is 0.222. The van der Waals surface area contributed by atoms with Crippen LogP contribution in [0, 0.1) is 9.49 Å². The van der Waals surface area contributed by atoms with Crippen molar-refractivity contribution in [1.29, 1.82) is 0 Å². The molecule has 5 heteroatoms. The van der Waals surface area contributed by atoms with Gasteiger partial charge in [0.15, 0.2) is 0 Å². The van der Waals surface area contributed by atoms with Crippen LogP contribution in [-0.4, -0.2) is 11.8 Å². The van der Waals surface area contributed by atoms with Crippen molar-refractivity contribution in [2.24, 2.45) is 5.92 Å². The summed E-state index contributed by atoms with van der Waals surface area (Å²) in [6.07, 6.45) is 1.58. The topological polar surface area (TPSA) is 58.2 Å². The van der Waals surface area contributed by atoms with Crippen LogP contribution in [0.15, 0.2) is 48.5 Å². The Labute approximate surface area is 148 Å². The van der Waals surface area contributed by atoms with Gasteiger partial charge >= 0.3 is 0 Å². The first-order chi connectivity index (χ1) is 11.1. The van der Waals surface area contributed by atoms with Gasteiger partial charge in [0.05, 0.1) is 0 Å². The van der Waals surface area contributed by atoms with E-state index in [0.29, 0.717) is 19.3 Å². The minimum absolute atomic E-state index is 0.00534. The Hall–Kier alpha value is -1.89. The van der Waals surface area contributed by atoms with E-state index in [1.54, 1.807) is 0 Å². The van der Waals surface area contributed by atoms with Gasteiger partial charge in [-0.25, -0.2) is 0 Å². The average Bonchev–Trinajstić information content (AvgIpc) is 2.55. The average molecular weight is 420 g/mol. The zero-order valence-corrected chi connectivity index (χ0v) is 14.7. The Balaban J connectivity index is 1.55. The van der Waals surface area contributed by atoms with Crippen LogP contribution < -0.4 is 10.6 Å². The standard InChI is InChI=1S/C18H17IN2O2/c19-14-6-8-15(9-7-14)20-17(22)10-5-13-11-12-3-1-2-4-16(12)21-18(13)23/h1-4,6-9,13H,5,10-11H2,(H,20,22)(H,21,23)/t13-/m1/s1. The number of anilines is 2. The Morgan fingerprint density at radius 3 is 2.70 bits per heavy atom. The van der Waals surface area contributed by atoms with Gasteiger partial charge in [0.25, 0.3) is 0 Å². The Bertz CT molecular complexity index is 728. The van der Waals surface area contributed by atoms with Gasteiger partial charge < -0.3 is 10.6 Å². The first-order valence-corrected chi connectivity index (χ1v) is 8.64. The van der Waals surface area contributed by atoms with Crippen LogP contribution in [0.1, 0.15) is 18.4 Å². The fourth-order valence-electron chi connectivity index (χ4n) is 2.71. The van der Waals surface area contributed by atoms with Crippen molar-refractivity contribution in [3.8, 4) is 0 Å². The number of hydrogen-bond donors (Lipinski definition) is 2. The molecule has 0 spiro atoms. The molecule has 0 unspecified atom stereocenters. The molecular formula is C18H17IN2O2. The molecule has 23 heavy (non-hydrogen) atoms. The lowest BCUT2D eigenvalue weighted by Crippen LogP contribution is -2.30. The van der Waals surface area contributed by atoms with Crippen molar-refractivity contribution in [3.63, 3.8) is 0 Å². The fourth-order valence-corrected chi connectivity index (χ4v) is 3.07. The molecule has 118 valence electrons. The summed E-state index contributed by atoms with van der Waals surface area (Å²) in [5, 5.41) is 5.79. The summed E-state index contributed by atoms with van der Waals surface area (Å²) in [6, 6.07) is 15.5. The van der Waals surface area contributed by atoms with Crippen LogP contribution in [-0.2, 0) is 16.0 Å². The molecule has 1 atom stereocenters. The maximum atomic E-state index is 12.1. The van der Waals surface area contributed by atoms with E-state index in [1.807, 2.05) is 48.5 Å². The molecule has 2 aromatic carbocycles. The second kappa shape index (κ2) is 7.12. The predicted octanol–water partition coefficient (Wildman–Crippen LogP) is 3.82. The minimum atomic E-state index is -0.146. The van der Waals surface area contributed by atoms with Gasteiger partial charge in [-0.05, 0) is 71.3 Å². The number of nitrogens with one attached hydrogen (secondary N) is 2. The van der Waals surface area contributed by atoms with E-state index in [2.05, 4.69) is 33.2 Å². The Kier molecular flexibility index (Phi) is 4.95. The summed E-state index contributed by atoms with van der Waals surface area (Å²) in [7, 11) is 0. The quantitative estimate of drug-likeness (QED) is 0.740. The molecule has 0 radical (unpaired) electrons. The van der Waals surface area contributed by atoms with E-state index >= 15 is 0 Å². The summed E-state index contributed by atoms with van der Waals surface area (Å²) in [5.74, 6) is -0.198. The van der Waals surface area contributed by atoms with E-state index in [4.69, 9.17) is 0 Å². The smallest absolute Gasteiger partial charge is 0.227 e. The van der Waals surface area contributed by atoms with Crippen LogP contribution in [0.3, 0.4) is 0 Å². The second-order valence-electron chi connectivity index (χ2n) is 5.64. The lowest BCUT2D eigenvalue weighted by molar-refractivity contribution is -0.121. The SMILES string of the molecule is O=C(CC[C@@H]1Cc2ccccc2NC1=O)Nc1ccc(I)cc1. The normalized spacial score (nSPS) is 16.4. The molecule has 2 aromatic rings. The van der Waals surface area contributed by atoms with Crippen LogP contribution in [0.25, 0.3) is 0 Å². The monoisotopic (exact) mass is 420 g/mol. The molecule has 1 heterocycles. The first kappa shape index (κ1) is 16.0. The van der Waals surface area contributed by atoms with E-state index in [-0.39, 0.29) is 17.7 Å². The molecule has 1 aliphatic rings. The van der Waals surface area contributed by atoms with Gasteiger partial charge in [-0.3, -0.25) is 9.59 Å². The third kappa shape index (κ3) is 4.10. The lowest BCUT2D eigenvalue weighted by Gasteiger charge is -2.24.